The summed E-state index contributed by atoms with van der Waals surface area (Å²) in [7, 11) is 0. The Morgan fingerprint density at radius 2 is 2.14 bits per heavy atom. The minimum Gasteiger partial charge on any atom is -0.354 e. The van der Waals surface area contributed by atoms with E-state index < -0.39 is 0 Å². The Hall–Kier alpha value is -2.90. The third-order valence-corrected chi connectivity index (χ3v) is 5.69. The van der Waals surface area contributed by atoms with E-state index in [0.717, 1.165) is 53.3 Å². The molecule has 5 rings (SSSR count). The lowest BCUT2D eigenvalue weighted by atomic mass is 10.2. The van der Waals surface area contributed by atoms with Gasteiger partial charge in [0.05, 0.1) is 34.9 Å². The summed E-state index contributed by atoms with van der Waals surface area (Å²) >= 11 is 6.41. The van der Waals surface area contributed by atoms with Gasteiger partial charge >= 0.3 is 0 Å². The number of piperazine rings is 1. The van der Waals surface area contributed by atoms with Crippen molar-refractivity contribution in [1.82, 2.24) is 24.7 Å². The van der Waals surface area contributed by atoms with Gasteiger partial charge in [0.25, 0.3) is 0 Å². The lowest BCUT2D eigenvalue weighted by Gasteiger charge is -2.32. The molecule has 1 atom stereocenters. The number of halogens is 1. The van der Waals surface area contributed by atoms with Gasteiger partial charge in [-0.15, -0.1) is 0 Å². The van der Waals surface area contributed by atoms with Gasteiger partial charge in [-0.2, -0.15) is 0 Å². The van der Waals surface area contributed by atoms with Crippen molar-refractivity contribution in [2.45, 2.75) is 19.9 Å². The Bertz CT molecular complexity index is 1180. The van der Waals surface area contributed by atoms with Crippen LogP contribution in [0.15, 0.2) is 43.0 Å². The van der Waals surface area contributed by atoms with Crippen molar-refractivity contribution >= 4 is 45.5 Å². The number of imidazole rings is 1. The van der Waals surface area contributed by atoms with Crippen molar-refractivity contribution in [1.29, 1.82) is 0 Å². The molecule has 2 N–H and O–H groups in total. The molecule has 1 saturated heterocycles. The van der Waals surface area contributed by atoms with Crippen LogP contribution in [0.4, 0.5) is 17.3 Å². The molecule has 0 aliphatic carbocycles. The van der Waals surface area contributed by atoms with Crippen LogP contribution < -0.4 is 15.5 Å². The lowest BCUT2D eigenvalue weighted by molar-refractivity contribution is 0.482. The Balaban J connectivity index is 1.60. The fourth-order valence-electron chi connectivity index (χ4n) is 3.86. The maximum absolute atomic E-state index is 6.41. The molecule has 3 aromatic heterocycles. The molecule has 7 nitrogen and oxygen atoms in total. The van der Waals surface area contributed by atoms with E-state index in [9.17, 15) is 0 Å². The van der Waals surface area contributed by atoms with Crippen molar-refractivity contribution in [2.75, 3.05) is 29.9 Å². The molecule has 1 aliphatic heterocycles. The van der Waals surface area contributed by atoms with Crippen molar-refractivity contribution in [3.63, 3.8) is 0 Å². The highest BCUT2D eigenvalue weighted by Crippen LogP contribution is 2.31. The zero-order valence-electron chi connectivity index (χ0n) is 16.4. The van der Waals surface area contributed by atoms with Crippen LogP contribution >= 0.6 is 11.6 Å². The van der Waals surface area contributed by atoms with E-state index >= 15 is 0 Å². The largest absolute Gasteiger partial charge is 0.354 e. The minimum absolute atomic E-state index is 0.443. The molecule has 0 radical (unpaired) electrons. The lowest BCUT2D eigenvalue weighted by Crippen LogP contribution is -2.49. The van der Waals surface area contributed by atoms with E-state index in [2.05, 4.69) is 38.5 Å². The number of aryl methyl sites for hydroxylation is 1. The molecule has 0 spiro atoms. The van der Waals surface area contributed by atoms with E-state index in [1.165, 1.54) is 0 Å². The van der Waals surface area contributed by atoms with Gasteiger partial charge in [0.1, 0.15) is 16.9 Å². The first-order chi connectivity index (χ1) is 14.1. The molecule has 1 fully saturated rings. The Labute approximate surface area is 173 Å². The Kier molecular flexibility index (Phi) is 4.49. The van der Waals surface area contributed by atoms with E-state index in [4.69, 9.17) is 16.6 Å². The maximum atomic E-state index is 6.41. The van der Waals surface area contributed by atoms with Gasteiger partial charge in [0, 0.05) is 31.7 Å². The number of nitrogens with one attached hydrogen (secondary N) is 2. The first-order valence-electron chi connectivity index (χ1n) is 9.72. The second kappa shape index (κ2) is 7.17. The number of rotatable bonds is 3. The van der Waals surface area contributed by atoms with Crippen LogP contribution in [0.2, 0.25) is 5.02 Å². The van der Waals surface area contributed by atoms with Crippen LogP contribution in [0.25, 0.3) is 16.6 Å². The average Bonchev–Trinajstić information content (AvgIpc) is 3.21. The normalized spacial score (nSPS) is 17.2. The van der Waals surface area contributed by atoms with Crippen LogP contribution in [0.1, 0.15) is 12.5 Å². The average molecular weight is 408 g/mol. The van der Waals surface area contributed by atoms with Crippen LogP contribution in [0.3, 0.4) is 0 Å². The van der Waals surface area contributed by atoms with E-state index in [-0.39, 0.29) is 0 Å². The molecule has 4 aromatic rings. The van der Waals surface area contributed by atoms with Gasteiger partial charge in [-0.25, -0.2) is 15.0 Å². The number of para-hydroxylation sites is 1. The summed E-state index contributed by atoms with van der Waals surface area (Å²) in [5, 5.41) is 7.52. The molecular weight excluding hydrogens is 386 g/mol. The summed E-state index contributed by atoms with van der Waals surface area (Å²) in [4.78, 5) is 16.2. The second-order valence-corrected chi connectivity index (χ2v) is 7.91. The highest BCUT2D eigenvalue weighted by Gasteiger charge is 2.19. The minimum atomic E-state index is 0.443. The van der Waals surface area contributed by atoms with Gasteiger partial charge in [-0.1, -0.05) is 23.7 Å². The predicted molar refractivity (Wildman–Crippen MR) is 117 cm³/mol. The summed E-state index contributed by atoms with van der Waals surface area (Å²) in [5.74, 6) is 1.67. The van der Waals surface area contributed by atoms with E-state index in [0.29, 0.717) is 16.9 Å². The van der Waals surface area contributed by atoms with E-state index in [1.54, 1.807) is 0 Å². The van der Waals surface area contributed by atoms with Gasteiger partial charge in [0.15, 0.2) is 5.82 Å². The summed E-state index contributed by atoms with van der Waals surface area (Å²) in [6, 6.07) is 8.37. The zero-order chi connectivity index (χ0) is 20.0. The molecule has 1 aliphatic rings. The fraction of sp³-hybridized carbons (Fsp3) is 0.286. The molecule has 4 heterocycles. The molecule has 0 unspecified atom stereocenters. The number of nitrogens with zero attached hydrogens (tertiary/aromatic N) is 5. The zero-order valence-corrected chi connectivity index (χ0v) is 17.1. The summed E-state index contributed by atoms with van der Waals surface area (Å²) in [6.07, 6.45) is 5.46. The maximum Gasteiger partial charge on any atom is 0.157 e. The predicted octanol–water partition coefficient (Wildman–Crippen LogP) is 3.78. The third kappa shape index (κ3) is 3.26. The molecular formula is C21H22ClN7. The smallest absolute Gasteiger partial charge is 0.157 e. The van der Waals surface area contributed by atoms with Gasteiger partial charge in [-0.05, 0) is 25.5 Å². The number of benzene rings is 1. The number of aromatic nitrogens is 4. The second-order valence-electron chi connectivity index (χ2n) is 7.50. The van der Waals surface area contributed by atoms with Crippen LogP contribution in [0.5, 0.6) is 0 Å². The summed E-state index contributed by atoms with van der Waals surface area (Å²) in [6.45, 7) is 7.04. The highest BCUT2D eigenvalue weighted by molar-refractivity contribution is 6.33. The topological polar surface area (TPSA) is 70.4 Å². The Morgan fingerprint density at radius 1 is 1.24 bits per heavy atom. The molecule has 29 heavy (non-hydrogen) atoms. The number of hydrogen-bond donors (Lipinski definition) is 2. The highest BCUT2D eigenvalue weighted by atomic mass is 35.5. The van der Waals surface area contributed by atoms with Crippen molar-refractivity contribution in [2.24, 2.45) is 0 Å². The first-order valence-corrected chi connectivity index (χ1v) is 10.1. The van der Waals surface area contributed by atoms with Gasteiger partial charge in [0.2, 0.25) is 0 Å². The van der Waals surface area contributed by atoms with Crippen molar-refractivity contribution in [3.05, 3.63) is 53.6 Å². The molecule has 1 aromatic carbocycles. The number of fused-ring (bicyclic) bond motifs is 3. The van der Waals surface area contributed by atoms with Crippen LogP contribution in [0, 0.1) is 6.92 Å². The first kappa shape index (κ1) is 18.1. The number of hydrogen-bond acceptors (Lipinski definition) is 6. The molecule has 0 bridgehead atoms. The molecule has 148 valence electrons. The molecule has 0 amide bonds. The third-order valence-electron chi connectivity index (χ3n) is 5.38. The van der Waals surface area contributed by atoms with Crippen molar-refractivity contribution < 1.29 is 0 Å². The van der Waals surface area contributed by atoms with Crippen LogP contribution in [-0.4, -0.2) is 45.0 Å². The molecule has 0 saturated carbocycles. The monoisotopic (exact) mass is 407 g/mol. The Morgan fingerprint density at radius 3 is 2.97 bits per heavy atom. The quantitative estimate of drug-likeness (QED) is 0.538. The summed E-state index contributed by atoms with van der Waals surface area (Å²) in [5.41, 5.74) is 4.58. The SMILES string of the molecule is Cc1cccc(Cl)c1Nc1nc2cnc(N3CCN[C@@H](C)C3)cc2n2cncc12. The van der Waals surface area contributed by atoms with Crippen LogP contribution in [-0.2, 0) is 0 Å². The number of pyridine rings is 1. The van der Waals surface area contributed by atoms with E-state index in [1.807, 2.05) is 48.2 Å². The van der Waals surface area contributed by atoms with Gasteiger partial charge < -0.3 is 15.5 Å². The standard InChI is InChI=1S/C21H22ClN7/c1-13-4-3-5-15(22)20(13)27-21-18-10-23-12-29(18)17-8-19(25-9-16(17)26-21)28-7-6-24-14(2)11-28/h3-5,8-10,12,14,24H,6-7,11H2,1-2H3,(H,26,27)/t14-/m0/s1. The van der Waals surface area contributed by atoms with Crippen molar-refractivity contribution in [3.8, 4) is 0 Å². The molecule has 8 heteroatoms. The van der Waals surface area contributed by atoms with Gasteiger partial charge in [-0.3, -0.25) is 4.40 Å². The fourth-order valence-corrected chi connectivity index (χ4v) is 4.13. The number of anilines is 3. The summed E-state index contributed by atoms with van der Waals surface area (Å²) < 4.78 is 2.05.